The number of carbonyl (C=O) groups is 1. The number of aryl methyl sites for hydroxylation is 4. The van der Waals surface area contributed by atoms with Crippen molar-refractivity contribution in [2.75, 3.05) is 5.32 Å². The smallest absolute Gasteiger partial charge is 0.230 e. The van der Waals surface area contributed by atoms with Crippen molar-refractivity contribution in [1.29, 1.82) is 0 Å². The number of nitrogens with zero attached hydrogens (tertiary/aromatic N) is 3. The Morgan fingerprint density at radius 2 is 2.00 bits per heavy atom. The van der Waals surface area contributed by atoms with Gasteiger partial charge in [0.2, 0.25) is 5.91 Å². The molecular weight excluding hydrogens is 424 g/mol. The van der Waals surface area contributed by atoms with E-state index in [9.17, 15) is 4.79 Å². The van der Waals surface area contributed by atoms with Crippen LogP contribution in [0.15, 0.2) is 27.1 Å². The maximum Gasteiger partial charge on any atom is 0.230 e. The molecule has 0 unspecified atom stereocenters. The first-order valence-corrected chi connectivity index (χ1v) is 11.7. The highest BCUT2D eigenvalue weighted by Crippen LogP contribution is 2.34. The third-order valence-electron chi connectivity index (χ3n) is 4.50. The lowest BCUT2D eigenvalue weighted by Crippen LogP contribution is -2.15. The summed E-state index contributed by atoms with van der Waals surface area (Å²) >= 11 is 4.91. The monoisotopic (exact) mass is 444 g/mol. The van der Waals surface area contributed by atoms with Crippen molar-refractivity contribution >= 4 is 56.2 Å². The highest BCUT2D eigenvalue weighted by molar-refractivity contribution is 8.00. The Labute approximate surface area is 180 Å². The van der Waals surface area contributed by atoms with E-state index in [1.54, 1.807) is 34.4 Å². The van der Waals surface area contributed by atoms with E-state index in [2.05, 4.69) is 20.4 Å². The molecule has 0 saturated carbocycles. The van der Waals surface area contributed by atoms with Gasteiger partial charge < -0.3 is 9.84 Å². The standard InChI is InChI=1S/C20H20N4O2S3/c1-10-15(11(2)26-24-10)9-27-20-23-16-6-5-14(7-18(16)29-20)22-19(25)8-17-12(3)28-13(4)21-17/h5-7H,8-9H2,1-4H3,(H,22,25). The van der Waals surface area contributed by atoms with Gasteiger partial charge in [0.05, 0.1) is 33.0 Å². The second-order valence-corrected chi connectivity index (χ2v) is 10.4. The molecule has 0 saturated heterocycles. The lowest BCUT2D eigenvalue weighted by molar-refractivity contribution is -0.115. The topological polar surface area (TPSA) is 80.9 Å². The summed E-state index contributed by atoms with van der Waals surface area (Å²) < 4.78 is 7.25. The molecule has 3 aromatic heterocycles. The number of thiazole rings is 2. The van der Waals surface area contributed by atoms with Gasteiger partial charge in [0.1, 0.15) is 5.76 Å². The molecule has 1 aromatic carbocycles. The molecule has 6 nitrogen and oxygen atoms in total. The first-order chi connectivity index (χ1) is 13.9. The Morgan fingerprint density at radius 1 is 1.17 bits per heavy atom. The van der Waals surface area contributed by atoms with Crippen LogP contribution >= 0.6 is 34.4 Å². The normalized spacial score (nSPS) is 11.3. The maximum absolute atomic E-state index is 12.4. The Bertz CT molecular complexity index is 1170. The number of benzene rings is 1. The van der Waals surface area contributed by atoms with Gasteiger partial charge in [0, 0.05) is 21.9 Å². The van der Waals surface area contributed by atoms with Gasteiger partial charge in [-0.2, -0.15) is 0 Å². The van der Waals surface area contributed by atoms with Crippen molar-refractivity contribution in [3.63, 3.8) is 0 Å². The van der Waals surface area contributed by atoms with Gasteiger partial charge in [-0.25, -0.2) is 9.97 Å². The van der Waals surface area contributed by atoms with Gasteiger partial charge in [-0.1, -0.05) is 16.9 Å². The van der Waals surface area contributed by atoms with Crippen LogP contribution in [-0.4, -0.2) is 21.0 Å². The van der Waals surface area contributed by atoms with E-state index in [1.165, 1.54) is 0 Å². The summed E-state index contributed by atoms with van der Waals surface area (Å²) in [5, 5.41) is 7.96. The molecule has 1 amide bonds. The zero-order chi connectivity index (χ0) is 20.5. The number of rotatable bonds is 6. The predicted octanol–water partition coefficient (Wildman–Crippen LogP) is 5.45. The van der Waals surface area contributed by atoms with Crippen molar-refractivity contribution < 1.29 is 9.32 Å². The summed E-state index contributed by atoms with van der Waals surface area (Å²) in [4.78, 5) is 22.6. The summed E-state index contributed by atoms with van der Waals surface area (Å²) in [6, 6.07) is 5.81. The zero-order valence-corrected chi connectivity index (χ0v) is 19.0. The molecule has 29 heavy (non-hydrogen) atoms. The molecule has 4 aromatic rings. The predicted molar refractivity (Wildman–Crippen MR) is 119 cm³/mol. The molecular formula is C20H20N4O2S3. The number of amides is 1. The van der Waals surface area contributed by atoms with E-state index in [4.69, 9.17) is 4.52 Å². The molecule has 0 bridgehead atoms. The van der Waals surface area contributed by atoms with E-state index >= 15 is 0 Å². The highest BCUT2D eigenvalue weighted by atomic mass is 32.2. The van der Waals surface area contributed by atoms with E-state index in [0.717, 1.165) is 58.6 Å². The second-order valence-electron chi connectivity index (χ2n) is 6.71. The molecule has 9 heteroatoms. The van der Waals surface area contributed by atoms with Crippen LogP contribution in [0.5, 0.6) is 0 Å². The molecule has 0 spiro atoms. The summed E-state index contributed by atoms with van der Waals surface area (Å²) in [6.07, 6.45) is 0.287. The Balaban J connectivity index is 1.44. The minimum absolute atomic E-state index is 0.0599. The van der Waals surface area contributed by atoms with Gasteiger partial charge in [-0.15, -0.1) is 22.7 Å². The van der Waals surface area contributed by atoms with Gasteiger partial charge in [-0.3, -0.25) is 4.79 Å². The van der Waals surface area contributed by atoms with E-state index in [1.807, 2.05) is 45.9 Å². The fourth-order valence-corrected chi connectivity index (χ4v) is 6.07. The van der Waals surface area contributed by atoms with Crippen LogP contribution < -0.4 is 5.32 Å². The molecule has 0 fully saturated rings. The Hall–Kier alpha value is -2.23. The Morgan fingerprint density at radius 3 is 2.69 bits per heavy atom. The van der Waals surface area contributed by atoms with E-state index < -0.39 is 0 Å². The Kier molecular flexibility index (Phi) is 5.71. The molecule has 150 valence electrons. The summed E-state index contributed by atoms with van der Waals surface area (Å²) in [5.41, 5.74) is 4.60. The maximum atomic E-state index is 12.4. The van der Waals surface area contributed by atoms with Crippen molar-refractivity contribution in [3.05, 3.63) is 50.8 Å². The molecule has 4 rings (SSSR count). The first kappa shape index (κ1) is 20.1. The first-order valence-electron chi connectivity index (χ1n) is 9.07. The number of aromatic nitrogens is 3. The number of anilines is 1. The van der Waals surface area contributed by atoms with Crippen LogP contribution in [0.25, 0.3) is 10.2 Å². The van der Waals surface area contributed by atoms with Gasteiger partial charge >= 0.3 is 0 Å². The number of hydrogen-bond donors (Lipinski definition) is 1. The highest BCUT2D eigenvalue weighted by Gasteiger charge is 2.13. The van der Waals surface area contributed by atoms with Crippen molar-refractivity contribution in [3.8, 4) is 0 Å². The molecule has 0 aliphatic carbocycles. The van der Waals surface area contributed by atoms with E-state index in [-0.39, 0.29) is 12.3 Å². The fourth-order valence-electron chi connectivity index (χ4n) is 2.98. The van der Waals surface area contributed by atoms with Crippen LogP contribution in [0.3, 0.4) is 0 Å². The SMILES string of the molecule is Cc1nc(CC(=O)Nc2ccc3nc(SCc4c(C)noc4C)sc3c2)c(C)s1. The van der Waals surface area contributed by atoms with Crippen LogP contribution in [-0.2, 0) is 17.0 Å². The van der Waals surface area contributed by atoms with Gasteiger partial charge in [-0.05, 0) is 45.9 Å². The lowest BCUT2D eigenvalue weighted by atomic mass is 10.2. The molecule has 0 radical (unpaired) electrons. The number of carbonyl (C=O) groups excluding carboxylic acids is 1. The fraction of sp³-hybridized carbons (Fsp3) is 0.300. The van der Waals surface area contributed by atoms with Gasteiger partial charge in [0.15, 0.2) is 4.34 Å². The third kappa shape index (κ3) is 4.52. The van der Waals surface area contributed by atoms with Crippen molar-refractivity contribution in [2.45, 2.75) is 44.2 Å². The second kappa shape index (κ2) is 8.25. The van der Waals surface area contributed by atoms with Crippen molar-refractivity contribution in [2.24, 2.45) is 0 Å². The molecule has 0 aliphatic rings. The average Bonchev–Trinajstić information content (AvgIpc) is 3.30. The summed E-state index contributed by atoms with van der Waals surface area (Å²) in [6.45, 7) is 7.84. The third-order valence-corrected chi connectivity index (χ3v) is 7.62. The number of fused-ring (bicyclic) bond motifs is 1. The lowest BCUT2D eigenvalue weighted by Gasteiger charge is -2.04. The minimum Gasteiger partial charge on any atom is -0.361 e. The number of thioether (sulfide) groups is 1. The quantitative estimate of drug-likeness (QED) is 0.398. The van der Waals surface area contributed by atoms with Crippen molar-refractivity contribution in [1.82, 2.24) is 15.1 Å². The zero-order valence-electron chi connectivity index (χ0n) is 16.5. The molecule has 3 heterocycles. The largest absolute Gasteiger partial charge is 0.361 e. The van der Waals surface area contributed by atoms with Crippen LogP contribution in [0.1, 0.15) is 32.6 Å². The average molecular weight is 445 g/mol. The van der Waals surface area contributed by atoms with E-state index in [0.29, 0.717) is 0 Å². The summed E-state index contributed by atoms with van der Waals surface area (Å²) in [7, 11) is 0. The van der Waals surface area contributed by atoms with Crippen LogP contribution in [0, 0.1) is 27.7 Å². The minimum atomic E-state index is -0.0599. The van der Waals surface area contributed by atoms with Crippen LogP contribution in [0.2, 0.25) is 0 Å². The summed E-state index contributed by atoms with van der Waals surface area (Å²) in [5.74, 6) is 1.57. The van der Waals surface area contributed by atoms with Gasteiger partial charge in [0.25, 0.3) is 0 Å². The van der Waals surface area contributed by atoms with Crippen LogP contribution in [0.4, 0.5) is 5.69 Å². The number of hydrogen-bond acceptors (Lipinski definition) is 8. The molecule has 0 atom stereocenters. The molecule has 0 aliphatic heterocycles. The molecule has 1 N–H and O–H groups in total. The number of nitrogens with one attached hydrogen (secondary N) is 1.